The third kappa shape index (κ3) is 3.57. The molecule has 1 saturated heterocycles. The summed E-state index contributed by atoms with van der Waals surface area (Å²) in [6.07, 6.45) is 1.33. The smallest absolute Gasteiger partial charge is 0.335 e. The molecule has 1 aliphatic heterocycles. The molecule has 1 heterocycles. The molecule has 0 unspecified atom stereocenters. The highest BCUT2D eigenvalue weighted by molar-refractivity contribution is 6.39. The Labute approximate surface area is 166 Å². The van der Waals surface area contributed by atoms with Gasteiger partial charge in [0.05, 0.1) is 12.3 Å². The molecule has 0 aliphatic carbocycles. The maximum atomic E-state index is 12.9. The van der Waals surface area contributed by atoms with Crippen molar-refractivity contribution in [2.45, 2.75) is 13.8 Å². The Morgan fingerprint density at radius 1 is 1.21 bits per heavy atom. The number of carbonyl (C=O) groups excluding carboxylic acids is 3. The second kappa shape index (κ2) is 7.74. The number of hydrogen-bond acceptors (Lipinski definition) is 5. The molecule has 8 heteroatoms. The van der Waals surface area contributed by atoms with Crippen LogP contribution in [0.15, 0.2) is 42.0 Å². The van der Waals surface area contributed by atoms with Crippen LogP contribution < -0.4 is 15.0 Å². The topological polar surface area (TPSA) is 95.9 Å². The Morgan fingerprint density at radius 3 is 2.68 bits per heavy atom. The second-order valence-electron chi connectivity index (χ2n) is 6.00. The number of barbiturate groups is 1. The second-order valence-corrected chi connectivity index (χ2v) is 6.41. The highest BCUT2D eigenvalue weighted by Gasteiger charge is 2.37. The molecule has 0 bridgehead atoms. The van der Waals surface area contributed by atoms with Crippen molar-refractivity contribution in [3.8, 4) is 11.5 Å². The molecule has 2 aromatic rings. The van der Waals surface area contributed by atoms with E-state index in [1.54, 1.807) is 32.0 Å². The van der Waals surface area contributed by atoms with Crippen molar-refractivity contribution in [3.63, 3.8) is 0 Å². The molecule has 0 radical (unpaired) electrons. The first kappa shape index (κ1) is 19.4. The minimum absolute atomic E-state index is 0.0604. The van der Waals surface area contributed by atoms with Gasteiger partial charge in [-0.25, -0.2) is 9.69 Å². The summed E-state index contributed by atoms with van der Waals surface area (Å²) in [5.74, 6) is -1.42. The van der Waals surface area contributed by atoms with E-state index in [1.165, 1.54) is 24.3 Å². The van der Waals surface area contributed by atoms with Gasteiger partial charge in [0.15, 0.2) is 11.5 Å². The monoisotopic (exact) mass is 400 g/mol. The molecule has 1 aliphatic rings. The number of urea groups is 1. The lowest BCUT2D eigenvalue weighted by Crippen LogP contribution is -2.54. The van der Waals surface area contributed by atoms with Crippen LogP contribution >= 0.6 is 11.6 Å². The Kier molecular flexibility index (Phi) is 5.37. The number of carbonyl (C=O) groups is 3. The van der Waals surface area contributed by atoms with Crippen LogP contribution in [-0.2, 0) is 9.59 Å². The number of anilines is 1. The highest BCUT2D eigenvalue weighted by Crippen LogP contribution is 2.31. The summed E-state index contributed by atoms with van der Waals surface area (Å²) >= 11 is 6.10. The first-order chi connectivity index (χ1) is 13.3. The van der Waals surface area contributed by atoms with E-state index >= 15 is 0 Å². The highest BCUT2D eigenvalue weighted by atomic mass is 35.5. The summed E-state index contributed by atoms with van der Waals surface area (Å²) in [6, 6.07) is 8.39. The maximum absolute atomic E-state index is 12.9. The quantitative estimate of drug-likeness (QED) is 0.605. The summed E-state index contributed by atoms with van der Waals surface area (Å²) in [4.78, 5) is 38.4. The molecule has 2 aromatic carbocycles. The van der Waals surface area contributed by atoms with Gasteiger partial charge in [0, 0.05) is 5.02 Å². The average Bonchev–Trinajstić information content (AvgIpc) is 2.64. The summed E-state index contributed by atoms with van der Waals surface area (Å²) in [5.41, 5.74) is 1.04. The van der Waals surface area contributed by atoms with Crippen LogP contribution in [0.25, 0.3) is 6.08 Å². The number of hydrogen-bond donors (Lipinski definition) is 2. The van der Waals surface area contributed by atoms with Crippen molar-refractivity contribution in [2.75, 3.05) is 11.5 Å². The molecule has 0 atom stereocenters. The van der Waals surface area contributed by atoms with Crippen molar-refractivity contribution in [1.29, 1.82) is 0 Å². The SMILES string of the molecule is CCOc1cc(/C=C2\C(=O)NC(=O)N(c3cccc(Cl)c3C)C2=O)ccc1O. The number of amides is 4. The number of imide groups is 2. The van der Waals surface area contributed by atoms with Gasteiger partial charge in [-0.2, -0.15) is 0 Å². The van der Waals surface area contributed by atoms with Gasteiger partial charge >= 0.3 is 6.03 Å². The van der Waals surface area contributed by atoms with E-state index in [2.05, 4.69) is 5.32 Å². The predicted molar refractivity (Wildman–Crippen MR) is 104 cm³/mol. The maximum Gasteiger partial charge on any atom is 0.335 e. The van der Waals surface area contributed by atoms with E-state index in [1.807, 2.05) is 0 Å². The molecule has 144 valence electrons. The lowest BCUT2D eigenvalue weighted by Gasteiger charge is -2.27. The van der Waals surface area contributed by atoms with E-state index in [-0.39, 0.29) is 22.8 Å². The standard InChI is InChI=1S/C20H17ClN2O5/c1-3-28-17-10-12(7-8-16(17)24)9-13-18(25)22-20(27)23(19(13)26)15-6-4-5-14(21)11(15)2/h4-10,24H,3H2,1-2H3,(H,22,25,27)/b13-9+. The van der Waals surface area contributed by atoms with E-state index < -0.39 is 17.8 Å². The zero-order chi connectivity index (χ0) is 20.4. The van der Waals surface area contributed by atoms with Gasteiger partial charge in [-0.15, -0.1) is 0 Å². The first-order valence-electron chi connectivity index (χ1n) is 8.46. The summed E-state index contributed by atoms with van der Waals surface area (Å²) in [7, 11) is 0. The fourth-order valence-corrected chi connectivity index (χ4v) is 2.94. The van der Waals surface area contributed by atoms with Gasteiger partial charge in [-0.1, -0.05) is 23.7 Å². The van der Waals surface area contributed by atoms with Crippen LogP contribution in [0.5, 0.6) is 11.5 Å². The zero-order valence-electron chi connectivity index (χ0n) is 15.2. The molecule has 1 fully saturated rings. The molecule has 0 saturated carbocycles. The van der Waals surface area contributed by atoms with Crippen molar-refractivity contribution < 1.29 is 24.2 Å². The molecule has 28 heavy (non-hydrogen) atoms. The average molecular weight is 401 g/mol. The number of phenolic OH excluding ortho intramolecular Hbond substituents is 1. The number of halogens is 1. The van der Waals surface area contributed by atoms with Gasteiger partial charge in [-0.3, -0.25) is 14.9 Å². The number of aromatic hydroxyl groups is 1. The van der Waals surface area contributed by atoms with Crippen LogP contribution in [0.1, 0.15) is 18.1 Å². The van der Waals surface area contributed by atoms with Crippen molar-refractivity contribution >= 4 is 41.2 Å². The Hall–Kier alpha value is -3.32. The van der Waals surface area contributed by atoms with E-state index in [9.17, 15) is 19.5 Å². The predicted octanol–water partition coefficient (Wildman–Crippen LogP) is 3.42. The van der Waals surface area contributed by atoms with Gasteiger partial charge < -0.3 is 9.84 Å². The normalized spacial score (nSPS) is 15.8. The van der Waals surface area contributed by atoms with Crippen LogP contribution in [0, 0.1) is 6.92 Å². The fraction of sp³-hybridized carbons (Fsp3) is 0.150. The lowest BCUT2D eigenvalue weighted by atomic mass is 10.1. The van der Waals surface area contributed by atoms with E-state index in [0.29, 0.717) is 22.8 Å². The Morgan fingerprint density at radius 2 is 1.96 bits per heavy atom. The number of phenols is 1. The molecular formula is C20H17ClN2O5. The van der Waals surface area contributed by atoms with Crippen molar-refractivity contribution in [3.05, 3.63) is 58.1 Å². The van der Waals surface area contributed by atoms with Gasteiger partial charge in [-0.05, 0) is 55.3 Å². The molecule has 4 amide bonds. The molecule has 0 aromatic heterocycles. The fourth-order valence-electron chi connectivity index (χ4n) is 2.77. The third-order valence-electron chi connectivity index (χ3n) is 4.18. The summed E-state index contributed by atoms with van der Waals surface area (Å²) in [5, 5.41) is 12.4. The molecular weight excluding hydrogens is 384 g/mol. The number of ether oxygens (including phenoxy) is 1. The number of benzene rings is 2. The van der Waals surface area contributed by atoms with Crippen molar-refractivity contribution in [2.24, 2.45) is 0 Å². The van der Waals surface area contributed by atoms with Gasteiger partial charge in [0.25, 0.3) is 11.8 Å². The minimum Gasteiger partial charge on any atom is -0.504 e. The third-order valence-corrected chi connectivity index (χ3v) is 4.59. The van der Waals surface area contributed by atoms with Gasteiger partial charge in [0.2, 0.25) is 0 Å². The molecule has 7 nitrogen and oxygen atoms in total. The number of rotatable bonds is 4. The number of nitrogens with one attached hydrogen (secondary N) is 1. The zero-order valence-corrected chi connectivity index (χ0v) is 15.9. The molecule has 2 N–H and O–H groups in total. The lowest BCUT2D eigenvalue weighted by molar-refractivity contribution is -0.122. The summed E-state index contributed by atoms with van der Waals surface area (Å²) < 4.78 is 5.31. The van der Waals surface area contributed by atoms with Crippen molar-refractivity contribution in [1.82, 2.24) is 5.32 Å². The van der Waals surface area contributed by atoms with Gasteiger partial charge in [0.1, 0.15) is 5.57 Å². The molecule has 3 rings (SSSR count). The summed E-state index contributed by atoms with van der Waals surface area (Å²) in [6.45, 7) is 3.77. The largest absolute Gasteiger partial charge is 0.504 e. The van der Waals surface area contributed by atoms with Crippen LogP contribution in [0.2, 0.25) is 5.02 Å². The Bertz CT molecular complexity index is 1020. The molecule has 0 spiro atoms. The van der Waals surface area contributed by atoms with E-state index in [0.717, 1.165) is 4.90 Å². The van der Waals surface area contributed by atoms with Crippen LogP contribution in [0.4, 0.5) is 10.5 Å². The van der Waals surface area contributed by atoms with Crippen LogP contribution in [0.3, 0.4) is 0 Å². The van der Waals surface area contributed by atoms with E-state index in [4.69, 9.17) is 16.3 Å². The Balaban J connectivity index is 2.04. The number of nitrogens with zero attached hydrogens (tertiary/aromatic N) is 1. The van der Waals surface area contributed by atoms with Crippen LogP contribution in [-0.4, -0.2) is 29.6 Å². The minimum atomic E-state index is -0.849. The first-order valence-corrected chi connectivity index (χ1v) is 8.83.